The maximum absolute atomic E-state index is 13.0. The summed E-state index contributed by atoms with van der Waals surface area (Å²) in [5.74, 6) is 0.743. The Kier molecular flexibility index (Phi) is 9.25. The highest BCUT2D eigenvalue weighted by molar-refractivity contribution is 6.32. The van der Waals surface area contributed by atoms with Crippen LogP contribution in [0.25, 0.3) is 0 Å². The molecule has 0 radical (unpaired) electrons. The van der Waals surface area contributed by atoms with Crippen LogP contribution in [0.5, 0.6) is 5.75 Å². The molecule has 204 valence electrons. The highest BCUT2D eigenvalue weighted by atomic mass is 35.5. The van der Waals surface area contributed by atoms with Crippen LogP contribution in [-0.4, -0.2) is 38.2 Å². The Morgan fingerprint density at radius 3 is 2.51 bits per heavy atom. The molecule has 3 N–H and O–H groups in total. The smallest absolute Gasteiger partial charge is 0.248 e. The second-order valence-electron chi connectivity index (χ2n) is 10.3. The van der Waals surface area contributed by atoms with Crippen LogP contribution in [0.1, 0.15) is 36.0 Å². The monoisotopic (exact) mass is 563 g/mol. The third kappa shape index (κ3) is 6.85. The highest BCUT2D eigenvalue weighted by Gasteiger charge is 2.42. The average molecular weight is 565 g/mol. The maximum atomic E-state index is 13.0. The number of para-hydroxylation sites is 1. The molecule has 0 aliphatic carbocycles. The van der Waals surface area contributed by atoms with E-state index in [0.717, 1.165) is 67.1 Å². The van der Waals surface area contributed by atoms with Gasteiger partial charge in [-0.05, 0) is 67.0 Å². The SMILES string of the molecule is O=C(NCCCc1ccccc1Cl)C1=CCC2(c3ccc(CCCOc4ccccc4Cl)cc3)CNCC1N2. The van der Waals surface area contributed by atoms with E-state index in [4.69, 9.17) is 27.9 Å². The van der Waals surface area contributed by atoms with Crippen LogP contribution in [0.15, 0.2) is 84.4 Å². The largest absolute Gasteiger partial charge is 0.492 e. The summed E-state index contributed by atoms with van der Waals surface area (Å²) in [4.78, 5) is 13.0. The molecule has 7 heteroatoms. The van der Waals surface area contributed by atoms with Crippen LogP contribution in [0.2, 0.25) is 10.0 Å². The predicted octanol–water partition coefficient (Wildman–Crippen LogP) is 5.84. The summed E-state index contributed by atoms with van der Waals surface area (Å²) in [6.07, 6.45) is 6.44. The summed E-state index contributed by atoms with van der Waals surface area (Å²) in [5, 5.41) is 11.9. The molecule has 1 saturated heterocycles. The summed E-state index contributed by atoms with van der Waals surface area (Å²) in [6, 6.07) is 24.3. The Labute approximate surface area is 240 Å². The zero-order chi connectivity index (χ0) is 27.1. The number of rotatable bonds is 11. The van der Waals surface area contributed by atoms with Gasteiger partial charge in [0.05, 0.1) is 23.2 Å². The molecule has 2 atom stereocenters. The van der Waals surface area contributed by atoms with Crippen LogP contribution in [0.4, 0.5) is 0 Å². The lowest BCUT2D eigenvalue weighted by Gasteiger charge is -2.46. The normalized spacial score (nSPS) is 20.3. The zero-order valence-corrected chi connectivity index (χ0v) is 23.5. The first kappa shape index (κ1) is 27.7. The number of hydrogen-bond acceptors (Lipinski definition) is 4. The van der Waals surface area contributed by atoms with Crippen molar-refractivity contribution in [2.24, 2.45) is 0 Å². The van der Waals surface area contributed by atoms with Gasteiger partial charge in [0.2, 0.25) is 5.91 Å². The van der Waals surface area contributed by atoms with Crippen molar-refractivity contribution in [2.75, 3.05) is 26.2 Å². The maximum Gasteiger partial charge on any atom is 0.248 e. The van der Waals surface area contributed by atoms with Crippen LogP contribution in [0.3, 0.4) is 0 Å². The quantitative estimate of drug-likeness (QED) is 0.256. The Hall–Kier alpha value is -2.83. The molecule has 2 unspecified atom stereocenters. The van der Waals surface area contributed by atoms with Gasteiger partial charge in [0.25, 0.3) is 0 Å². The van der Waals surface area contributed by atoms with Crippen molar-refractivity contribution in [1.29, 1.82) is 0 Å². The number of aryl methyl sites for hydroxylation is 2. The molecule has 5 nitrogen and oxygen atoms in total. The summed E-state index contributed by atoms with van der Waals surface area (Å²) in [5.41, 5.74) is 4.26. The van der Waals surface area contributed by atoms with Gasteiger partial charge in [-0.1, -0.05) is 83.9 Å². The summed E-state index contributed by atoms with van der Waals surface area (Å²) >= 11 is 12.4. The van der Waals surface area contributed by atoms with Gasteiger partial charge in [0.1, 0.15) is 5.75 Å². The fourth-order valence-corrected chi connectivity index (χ4v) is 5.88. The zero-order valence-electron chi connectivity index (χ0n) is 22.0. The van der Waals surface area contributed by atoms with Crippen molar-refractivity contribution < 1.29 is 9.53 Å². The number of fused-ring (bicyclic) bond motifs is 2. The lowest BCUT2D eigenvalue weighted by Crippen LogP contribution is -2.65. The van der Waals surface area contributed by atoms with Crippen molar-refractivity contribution >= 4 is 29.1 Å². The first-order valence-electron chi connectivity index (χ1n) is 13.7. The number of carbonyl (C=O) groups excluding carboxylic acids is 1. The van der Waals surface area contributed by atoms with Gasteiger partial charge in [-0.2, -0.15) is 0 Å². The lowest BCUT2D eigenvalue weighted by atomic mass is 9.78. The Balaban J connectivity index is 1.12. The lowest BCUT2D eigenvalue weighted by molar-refractivity contribution is -0.118. The van der Waals surface area contributed by atoms with E-state index < -0.39 is 0 Å². The van der Waals surface area contributed by atoms with Crippen LogP contribution in [-0.2, 0) is 23.2 Å². The number of ether oxygens (including phenoxy) is 1. The summed E-state index contributed by atoms with van der Waals surface area (Å²) < 4.78 is 5.82. The summed E-state index contributed by atoms with van der Waals surface area (Å²) in [6.45, 7) is 2.82. The molecule has 5 rings (SSSR count). The molecular formula is C32H35Cl2N3O2. The van der Waals surface area contributed by atoms with E-state index >= 15 is 0 Å². The fourth-order valence-electron chi connectivity index (χ4n) is 5.46. The number of nitrogens with one attached hydrogen (secondary N) is 3. The summed E-state index contributed by atoms with van der Waals surface area (Å²) in [7, 11) is 0. The molecule has 2 bridgehead atoms. The highest BCUT2D eigenvalue weighted by Crippen LogP contribution is 2.34. The van der Waals surface area contributed by atoms with Crippen LogP contribution in [0, 0.1) is 0 Å². The first-order valence-corrected chi connectivity index (χ1v) is 14.5. The van der Waals surface area contributed by atoms with Crippen molar-refractivity contribution in [1.82, 2.24) is 16.0 Å². The third-order valence-corrected chi connectivity index (χ3v) is 8.29. The van der Waals surface area contributed by atoms with Gasteiger partial charge in [-0.25, -0.2) is 0 Å². The fraction of sp³-hybridized carbons (Fsp3) is 0.344. The molecule has 0 saturated carbocycles. The van der Waals surface area contributed by atoms with Crippen molar-refractivity contribution in [3.63, 3.8) is 0 Å². The Morgan fingerprint density at radius 1 is 0.949 bits per heavy atom. The number of amides is 1. The van der Waals surface area contributed by atoms with Gasteiger partial charge in [0, 0.05) is 30.2 Å². The molecule has 2 aliphatic heterocycles. The van der Waals surface area contributed by atoms with Crippen molar-refractivity contribution in [2.45, 2.75) is 43.7 Å². The first-order chi connectivity index (χ1) is 19.0. The minimum absolute atomic E-state index is 0.0123. The molecule has 39 heavy (non-hydrogen) atoms. The molecule has 3 aromatic carbocycles. The van der Waals surface area contributed by atoms with E-state index in [0.29, 0.717) is 18.2 Å². The van der Waals surface area contributed by atoms with Crippen LogP contribution < -0.4 is 20.7 Å². The van der Waals surface area contributed by atoms with Gasteiger partial charge in [-0.15, -0.1) is 0 Å². The van der Waals surface area contributed by atoms with Gasteiger partial charge >= 0.3 is 0 Å². The van der Waals surface area contributed by atoms with Crippen molar-refractivity contribution in [3.05, 3.63) is 111 Å². The number of carbonyl (C=O) groups is 1. The van der Waals surface area contributed by atoms with Gasteiger partial charge < -0.3 is 15.4 Å². The topological polar surface area (TPSA) is 62.4 Å². The number of benzene rings is 3. The van der Waals surface area contributed by atoms with Crippen LogP contribution >= 0.6 is 23.2 Å². The molecular weight excluding hydrogens is 529 g/mol. The molecule has 2 aliphatic rings. The molecule has 2 heterocycles. The minimum Gasteiger partial charge on any atom is -0.492 e. The number of hydrogen-bond donors (Lipinski definition) is 3. The van der Waals surface area contributed by atoms with Gasteiger partial charge in [0.15, 0.2) is 0 Å². The van der Waals surface area contributed by atoms with E-state index in [9.17, 15) is 4.79 Å². The number of halogens is 2. The van der Waals surface area contributed by atoms with Crippen molar-refractivity contribution in [3.8, 4) is 5.75 Å². The van der Waals surface area contributed by atoms with E-state index in [-0.39, 0.29) is 17.5 Å². The second kappa shape index (κ2) is 13.0. The second-order valence-corrected chi connectivity index (χ2v) is 11.1. The van der Waals surface area contributed by atoms with E-state index in [2.05, 4.69) is 46.3 Å². The van der Waals surface area contributed by atoms with E-state index in [1.807, 2.05) is 48.5 Å². The Morgan fingerprint density at radius 2 is 1.72 bits per heavy atom. The minimum atomic E-state index is -0.206. The van der Waals surface area contributed by atoms with E-state index in [1.165, 1.54) is 11.1 Å². The van der Waals surface area contributed by atoms with Gasteiger partial charge in [-0.3, -0.25) is 10.1 Å². The predicted molar refractivity (Wildman–Crippen MR) is 159 cm³/mol. The average Bonchev–Trinajstić information content (AvgIpc) is 2.95. The molecule has 1 fully saturated rings. The standard InChI is InChI=1S/C32H35Cl2N3O2/c33-27-10-2-1-8-24(27)9-5-19-36-31(38)26-17-18-32(22-35-21-29(26)37-32)25-15-13-23(14-16-25)7-6-20-39-30-12-4-3-11-28(30)34/h1-4,8,10-17,29,35,37H,5-7,9,18-22H2,(H,36,38). The molecule has 0 spiro atoms. The van der Waals surface area contributed by atoms with E-state index in [1.54, 1.807) is 0 Å². The molecule has 3 aromatic rings. The molecule has 0 aromatic heterocycles. The molecule has 1 amide bonds. The number of piperazine rings is 1. The third-order valence-electron chi connectivity index (χ3n) is 7.61. The Bertz CT molecular complexity index is 1310.